The van der Waals surface area contributed by atoms with Gasteiger partial charge in [-0.15, -0.1) is 5.11 Å². The van der Waals surface area contributed by atoms with Crippen LogP contribution in [0.25, 0.3) is 11.1 Å². The Balaban J connectivity index is 1.97. The van der Waals surface area contributed by atoms with Gasteiger partial charge in [0.1, 0.15) is 0 Å². The highest BCUT2D eigenvalue weighted by atomic mass is 16.1. The minimum absolute atomic E-state index is 0.0649. The van der Waals surface area contributed by atoms with Crippen LogP contribution in [0, 0.1) is 13.8 Å². The molecule has 0 aromatic heterocycles. The second-order valence-electron chi connectivity index (χ2n) is 6.19. The van der Waals surface area contributed by atoms with Crippen LogP contribution in [0.5, 0.6) is 0 Å². The molecule has 3 nitrogen and oxygen atoms in total. The molecule has 0 aliphatic heterocycles. The van der Waals surface area contributed by atoms with Crippen LogP contribution < -0.4 is 0 Å². The average Bonchev–Trinajstić information content (AvgIpc) is 2.62. The third-order valence-corrected chi connectivity index (χ3v) is 4.06. The molecule has 0 atom stereocenters. The van der Waals surface area contributed by atoms with Gasteiger partial charge in [-0.2, -0.15) is 5.11 Å². The highest BCUT2D eigenvalue weighted by Crippen LogP contribution is 2.32. The van der Waals surface area contributed by atoms with Crippen LogP contribution in [0.15, 0.2) is 77.0 Å². The Morgan fingerprint density at radius 1 is 0.760 bits per heavy atom. The molecule has 0 amide bonds. The minimum Gasteiger partial charge on any atom is -0.295 e. The van der Waals surface area contributed by atoms with Gasteiger partial charge in [0.05, 0.1) is 11.4 Å². The number of carbonyl (C=O) groups is 1. The highest BCUT2D eigenvalue weighted by Gasteiger charge is 2.07. The van der Waals surface area contributed by atoms with E-state index in [0.717, 1.165) is 28.1 Å². The summed E-state index contributed by atoms with van der Waals surface area (Å²) in [6.07, 6.45) is 0. The predicted octanol–water partition coefficient (Wildman–Crippen LogP) is 6.59. The Morgan fingerprint density at radius 2 is 1.40 bits per heavy atom. The number of hydrogen-bond acceptors (Lipinski definition) is 3. The largest absolute Gasteiger partial charge is 0.295 e. The number of hydrogen-bond donors (Lipinski definition) is 0. The molecule has 0 fully saturated rings. The molecule has 0 saturated carbocycles. The Hall–Kier alpha value is -3.07. The lowest BCUT2D eigenvalue weighted by Crippen LogP contribution is -1.91. The average molecular weight is 328 g/mol. The molecule has 0 spiro atoms. The maximum Gasteiger partial charge on any atom is 0.159 e. The summed E-state index contributed by atoms with van der Waals surface area (Å²) >= 11 is 0. The summed E-state index contributed by atoms with van der Waals surface area (Å²) in [5.74, 6) is 0.0649. The third kappa shape index (κ3) is 4.07. The molecule has 0 bridgehead atoms. The second-order valence-corrected chi connectivity index (χ2v) is 6.19. The molecule has 3 aromatic rings. The smallest absolute Gasteiger partial charge is 0.159 e. The van der Waals surface area contributed by atoms with E-state index >= 15 is 0 Å². The summed E-state index contributed by atoms with van der Waals surface area (Å²) in [6, 6.07) is 21.6. The van der Waals surface area contributed by atoms with Crippen LogP contribution in [-0.4, -0.2) is 5.78 Å². The van der Waals surface area contributed by atoms with Crippen molar-refractivity contribution in [2.75, 3.05) is 0 Å². The molecule has 0 unspecified atom stereocenters. The summed E-state index contributed by atoms with van der Waals surface area (Å²) in [5.41, 5.74) is 6.71. The standard InChI is InChI=1S/C22H20N2O/c1-15-4-11-20(12-5-15)23-24-22-13-6-16(2)14-21(22)19-9-7-18(8-10-19)17(3)25/h4-14H,1-3H3. The van der Waals surface area contributed by atoms with Crippen molar-refractivity contribution in [1.82, 2.24) is 0 Å². The Labute approximate surface area is 148 Å². The first-order valence-corrected chi connectivity index (χ1v) is 8.23. The normalized spacial score (nSPS) is 11.0. The topological polar surface area (TPSA) is 41.8 Å². The molecular weight excluding hydrogens is 308 g/mol. The second kappa shape index (κ2) is 7.22. The monoisotopic (exact) mass is 328 g/mol. The maximum absolute atomic E-state index is 11.5. The number of nitrogens with zero attached hydrogens (tertiary/aromatic N) is 2. The van der Waals surface area contributed by atoms with Gasteiger partial charge in [-0.25, -0.2) is 0 Å². The first kappa shape index (κ1) is 16.8. The SMILES string of the molecule is CC(=O)c1ccc(-c2cc(C)ccc2N=Nc2ccc(C)cc2)cc1. The molecule has 0 N–H and O–H groups in total. The number of rotatable bonds is 4. The van der Waals surface area contributed by atoms with Gasteiger partial charge in [-0.3, -0.25) is 4.79 Å². The highest BCUT2D eigenvalue weighted by molar-refractivity contribution is 5.94. The van der Waals surface area contributed by atoms with Crippen molar-refractivity contribution in [1.29, 1.82) is 0 Å². The number of aryl methyl sites for hydroxylation is 2. The summed E-state index contributed by atoms with van der Waals surface area (Å²) in [5, 5.41) is 8.79. The minimum atomic E-state index is 0.0649. The number of ketones is 1. The van der Waals surface area contributed by atoms with E-state index in [4.69, 9.17) is 0 Å². The zero-order valence-corrected chi connectivity index (χ0v) is 14.7. The van der Waals surface area contributed by atoms with Gasteiger partial charge >= 0.3 is 0 Å². The van der Waals surface area contributed by atoms with Gasteiger partial charge in [0, 0.05) is 11.1 Å². The van der Waals surface area contributed by atoms with Gasteiger partial charge in [-0.05, 0) is 50.6 Å². The van der Waals surface area contributed by atoms with Crippen molar-refractivity contribution in [3.05, 3.63) is 83.4 Å². The van der Waals surface area contributed by atoms with Gasteiger partial charge in [0.25, 0.3) is 0 Å². The summed E-state index contributed by atoms with van der Waals surface area (Å²) in [7, 11) is 0. The molecule has 0 radical (unpaired) electrons. The van der Waals surface area contributed by atoms with E-state index in [1.807, 2.05) is 74.5 Å². The first-order valence-electron chi connectivity index (χ1n) is 8.23. The van der Waals surface area contributed by atoms with Gasteiger partial charge in [0.15, 0.2) is 5.78 Å². The molecule has 0 saturated heterocycles. The van der Waals surface area contributed by atoms with E-state index in [0.29, 0.717) is 5.56 Å². The van der Waals surface area contributed by atoms with Crippen LogP contribution in [0.4, 0.5) is 11.4 Å². The molecule has 0 aliphatic carbocycles. The van der Waals surface area contributed by atoms with E-state index in [1.54, 1.807) is 6.92 Å². The van der Waals surface area contributed by atoms with Crippen molar-refractivity contribution >= 4 is 17.2 Å². The molecule has 0 aliphatic rings. The lowest BCUT2D eigenvalue weighted by Gasteiger charge is -2.07. The van der Waals surface area contributed by atoms with E-state index in [9.17, 15) is 4.79 Å². The molecule has 124 valence electrons. The van der Waals surface area contributed by atoms with Crippen LogP contribution >= 0.6 is 0 Å². The van der Waals surface area contributed by atoms with Crippen molar-refractivity contribution in [3.8, 4) is 11.1 Å². The van der Waals surface area contributed by atoms with Crippen LogP contribution in [0.3, 0.4) is 0 Å². The van der Waals surface area contributed by atoms with Crippen LogP contribution in [0.1, 0.15) is 28.4 Å². The fourth-order valence-corrected chi connectivity index (χ4v) is 2.58. The number of benzene rings is 3. The van der Waals surface area contributed by atoms with E-state index in [2.05, 4.69) is 16.3 Å². The van der Waals surface area contributed by atoms with Crippen molar-refractivity contribution in [3.63, 3.8) is 0 Å². The van der Waals surface area contributed by atoms with Gasteiger partial charge in [0.2, 0.25) is 0 Å². The van der Waals surface area contributed by atoms with E-state index in [1.165, 1.54) is 5.56 Å². The van der Waals surface area contributed by atoms with Gasteiger partial charge in [-0.1, -0.05) is 53.6 Å². The Bertz CT molecular complexity index is 923. The summed E-state index contributed by atoms with van der Waals surface area (Å²) < 4.78 is 0. The number of carbonyl (C=O) groups excluding carboxylic acids is 1. The Morgan fingerprint density at radius 3 is 2.04 bits per heavy atom. The molecular formula is C22H20N2O. The Kier molecular flexibility index (Phi) is 4.85. The van der Waals surface area contributed by atoms with Crippen LogP contribution in [0.2, 0.25) is 0 Å². The molecule has 3 heteroatoms. The molecule has 3 rings (SSSR count). The molecule has 0 heterocycles. The maximum atomic E-state index is 11.5. The van der Waals surface area contributed by atoms with Gasteiger partial charge < -0.3 is 0 Å². The first-order chi connectivity index (χ1) is 12.0. The quantitative estimate of drug-likeness (QED) is 0.393. The van der Waals surface area contributed by atoms with Crippen molar-refractivity contribution in [2.45, 2.75) is 20.8 Å². The lowest BCUT2D eigenvalue weighted by atomic mass is 9.99. The number of Topliss-reactive ketones (excluding diaryl/α,β-unsaturated/α-hetero) is 1. The fraction of sp³-hybridized carbons (Fsp3) is 0.136. The summed E-state index contributed by atoms with van der Waals surface area (Å²) in [6.45, 7) is 5.67. The zero-order chi connectivity index (χ0) is 17.8. The summed E-state index contributed by atoms with van der Waals surface area (Å²) in [4.78, 5) is 11.5. The predicted molar refractivity (Wildman–Crippen MR) is 102 cm³/mol. The number of azo groups is 1. The van der Waals surface area contributed by atoms with Crippen LogP contribution in [-0.2, 0) is 0 Å². The fourth-order valence-electron chi connectivity index (χ4n) is 2.58. The third-order valence-electron chi connectivity index (χ3n) is 4.06. The van der Waals surface area contributed by atoms with Crippen molar-refractivity contribution < 1.29 is 4.79 Å². The van der Waals surface area contributed by atoms with E-state index in [-0.39, 0.29) is 5.78 Å². The zero-order valence-electron chi connectivity index (χ0n) is 14.7. The molecule has 25 heavy (non-hydrogen) atoms. The van der Waals surface area contributed by atoms with Crippen molar-refractivity contribution in [2.24, 2.45) is 10.2 Å². The molecule has 3 aromatic carbocycles. The lowest BCUT2D eigenvalue weighted by molar-refractivity contribution is 0.101. The van der Waals surface area contributed by atoms with E-state index < -0.39 is 0 Å².